The first-order chi connectivity index (χ1) is 8.15. The number of rotatable bonds is 6. The molecule has 0 unspecified atom stereocenters. The molecule has 0 aliphatic rings. The maximum Gasteiger partial charge on any atom is 0.217 e. The highest BCUT2D eigenvalue weighted by molar-refractivity contribution is 7.98. The van der Waals surface area contributed by atoms with Gasteiger partial charge in [-0.3, -0.25) is 4.79 Å². The maximum atomic E-state index is 11.1. The van der Waals surface area contributed by atoms with Crippen LogP contribution in [0, 0.1) is 0 Å². The highest BCUT2D eigenvalue weighted by atomic mass is 32.2. The Morgan fingerprint density at radius 2 is 2.06 bits per heavy atom. The summed E-state index contributed by atoms with van der Waals surface area (Å²) >= 11 is 1.74. The number of amides is 1. The molecule has 0 fully saturated rings. The van der Waals surface area contributed by atoms with E-state index < -0.39 is 0 Å². The standard InChI is InChI=1S/C13H19NO2S/c1-10(15)14-12(9-17-3)8-11-4-6-13(16-2)7-5-11/h4-7,12H,8-9H2,1-3H3,(H,14,15)/t12-/m0/s1. The van der Waals surface area contributed by atoms with E-state index in [1.165, 1.54) is 5.56 Å². The van der Waals surface area contributed by atoms with Gasteiger partial charge in [0.15, 0.2) is 0 Å². The normalized spacial score (nSPS) is 11.9. The molecule has 0 heterocycles. The molecule has 1 rings (SSSR count). The zero-order chi connectivity index (χ0) is 12.7. The minimum atomic E-state index is 0.0255. The molecular formula is C13H19NO2S. The Morgan fingerprint density at radius 3 is 2.53 bits per heavy atom. The van der Waals surface area contributed by atoms with Gasteiger partial charge in [0.05, 0.1) is 7.11 Å². The van der Waals surface area contributed by atoms with Crippen LogP contribution in [0.3, 0.4) is 0 Å². The maximum absolute atomic E-state index is 11.1. The van der Waals surface area contributed by atoms with Gasteiger partial charge in [0.2, 0.25) is 5.91 Å². The molecule has 1 aromatic carbocycles. The van der Waals surface area contributed by atoms with Gasteiger partial charge in [-0.1, -0.05) is 12.1 Å². The van der Waals surface area contributed by atoms with Crippen molar-refractivity contribution < 1.29 is 9.53 Å². The Labute approximate surface area is 107 Å². The molecule has 0 spiro atoms. The number of carbonyl (C=O) groups is 1. The summed E-state index contributed by atoms with van der Waals surface area (Å²) in [5.41, 5.74) is 1.21. The van der Waals surface area contributed by atoms with Gasteiger partial charge in [0.25, 0.3) is 0 Å². The number of benzene rings is 1. The molecule has 3 nitrogen and oxygen atoms in total. The summed E-state index contributed by atoms with van der Waals surface area (Å²) in [5.74, 6) is 1.80. The van der Waals surface area contributed by atoms with E-state index in [1.54, 1.807) is 25.8 Å². The van der Waals surface area contributed by atoms with Crippen LogP contribution >= 0.6 is 11.8 Å². The van der Waals surface area contributed by atoms with Crippen LogP contribution in [0.15, 0.2) is 24.3 Å². The van der Waals surface area contributed by atoms with Crippen molar-refractivity contribution in [1.82, 2.24) is 5.32 Å². The van der Waals surface area contributed by atoms with Crippen molar-refractivity contribution in [2.45, 2.75) is 19.4 Å². The fourth-order valence-electron chi connectivity index (χ4n) is 1.69. The third-order valence-corrected chi connectivity index (χ3v) is 3.15. The molecule has 4 heteroatoms. The van der Waals surface area contributed by atoms with Crippen LogP contribution in [0.1, 0.15) is 12.5 Å². The van der Waals surface area contributed by atoms with E-state index >= 15 is 0 Å². The van der Waals surface area contributed by atoms with Crippen LogP contribution in [-0.4, -0.2) is 31.1 Å². The van der Waals surface area contributed by atoms with Crippen molar-refractivity contribution in [3.63, 3.8) is 0 Å². The Bertz CT molecular complexity index is 351. The van der Waals surface area contributed by atoms with Crippen LogP contribution in [-0.2, 0) is 11.2 Å². The SMILES string of the molecule is COc1ccc(C[C@@H](CSC)NC(C)=O)cc1. The monoisotopic (exact) mass is 253 g/mol. The lowest BCUT2D eigenvalue weighted by Crippen LogP contribution is -2.36. The summed E-state index contributed by atoms with van der Waals surface area (Å²) in [6.45, 7) is 1.56. The number of thioether (sulfide) groups is 1. The first-order valence-electron chi connectivity index (χ1n) is 5.54. The molecule has 0 saturated carbocycles. The Hall–Kier alpha value is -1.16. The van der Waals surface area contributed by atoms with Crippen LogP contribution < -0.4 is 10.1 Å². The second-order valence-corrected chi connectivity index (χ2v) is 4.82. The molecule has 0 bridgehead atoms. The molecule has 17 heavy (non-hydrogen) atoms. The van der Waals surface area contributed by atoms with Gasteiger partial charge in [0, 0.05) is 18.7 Å². The third kappa shape index (κ3) is 5.13. The summed E-state index contributed by atoms with van der Waals surface area (Å²) in [5, 5.41) is 2.97. The molecule has 0 radical (unpaired) electrons. The Morgan fingerprint density at radius 1 is 1.41 bits per heavy atom. The van der Waals surface area contributed by atoms with E-state index in [0.29, 0.717) is 0 Å². The first-order valence-corrected chi connectivity index (χ1v) is 6.94. The van der Waals surface area contributed by atoms with Crippen molar-refractivity contribution in [3.8, 4) is 5.75 Å². The average molecular weight is 253 g/mol. The summed E-state index contributed by atoms with van der Waals surface area (Å²) in [6, 6.07) is 8.15. The predicted molar refractivity (Wildman–Crippen MR) is 72.7 cm³/mol. The van der Waals surface area contributed by atoms with Crippen molar-refractivity contribution >= 4 is 17.7 Å². The lowest BCUT2D eigenvalue weighted by molar-refractivity contribution is -0.119. The van der Waals surface area contributed by atoms with E-state index in [1.807, 2.05) is 30.5 Å². The minimum absolute atomic E-state index is 0.0255. The van der Waals surface area contributed by atoms with Crippen LogP contribution in [0.25, 0.3) is 0 Å². The van der Waals surface area contributed by atoms with E-state index in [-0.39, 0.29) is 11.9 Å². The average Bonchev–Trinajstić information content (AvgIpc) is 2.29. The zero-order valence-electron chi connectivity index (χ0n) is 10.5. The number of nitrogens with one attached hydrogen (secondary N) is 1. The van der Waals surface area contributed by atoms with Crippen molar-refractivity contribution in [2.24, 2.45) is 0 Å². The molecule has 1 amide bonds. The van der Waals surface area contributed by atoms with Crippen LogP contribution in [0.4, 0.5) is 0 Å². The van der Waals surface area contributed by atoms with Gasteiger partial charge in [-0.25, -0.2) is 0 Å². The van der Waals surface area contributed by atoms with E-state index in [9.17, 15) is 4.79 Å². The molecule has 1 atom stereocenters. The largest absolute Gasteiger partial charge is 0.497 e. The second-order valence-electron chi connectivity index (χ2n) is 3.90. The zero-order valence-corrected chi connectivity index (χ0v) is 11.3. The van der Waals surface area contributed by atoms with Crippen molar-refractivity contribution in [1.29, 1.82) is 0 Å². The highest BCUT2D eigenvalue weighted by Gasteiger charge is 2.10. The second kappa shape index (κ2) is 7.22. The number of hydrogen-bond donors (Lipinski definition) is 1. The van der Waals surface area contributed by atoms with Crippen LogP contribution in [0.5, 0.6) is 5.75 Å². The Kier molecular flexibility index (Phi) is 5.91. The lowest BCUT2D eigenvalue weighted by Gasteiger charge is -2.16. The predicted octanol–water partition coefficient (Wildman–Crippen LogP) is 2.11. The molecule has 0 aliphatic carbocycles. The van der Waals surface area contributed by atoms with Crippen molar-refractivity contribution in [2.75, 3.05) is 19.1 Å². The molecule has 0 aromatic heterocycles. The topological polar surface area (TPSA) is 38.3 Å². The summed E-state index contributed by atoms with van der Waals surface area (Å²) in [4.78, 5) is 11.1. The molecule has 0 aliphatic heterocycles. The molecule has 94 valence electrons. The Balaban J connectivity index is 2.61. The lowest BCUT2D eigenvalue weighted by atomic mass is 10.1. The minimum Gasteiger partial charge on any atom is -0.497 e. The van der Waals surface area contributed by atoms with Crippen molar-refractivity contribution in [3.05, 3.63) is 29.8 Å². The van der Waals surface area contributed by atoms with E-state index in [0.717, 1.165) is 17.9 Å². The summed E-state index contributed by atoms with van der Waals surface area (Å²) in [6.07, 6.45) is 2.90. The molecule has 1 N–H and O–H groups in total. The number of ether oxygens (including phenoxy) is 1. The van der Waals surface area contributed by atoms with Gasteiger partial charge in [0.1, 0.15) is 5.75 Å². The summed E-state index contributed by atoms with van der Waals surface area (Å²) in [7, 11) is 1.66. The fourth-order valence-corrected chi connectivity index (χ4v) is 2.29. The number of carbonyl (C=O) groups excluding carboxylic acids is 1. The van der Waals surface area contributed by atoms with E-state index in [2.05, 4.69) is 5.32 Å². The van der Waals surface area contributed by atoms with Gasteiger partial charge in [-0.05, 0) is 30.4 Å². The first kappa shape index (κ1) is 13.9. The number of hydrogen-bond acceptors (Lipinski definition) is 3. The molecular weight excluding hydrogens is 234 g/mol. The quantitative estimate of drug-likeness (QED) is 0.844. The third-order valence-electron chi connectivity index (χ3n) is 2.42. The van der Waals surface area contributed by atoms with Gasteiger partial charge in [-0.15, -0.1) is 0 Å². The van der Waals surface area contributed by atoms with Gasteiger partial charge in [-0.2, -0.15) is 11.8 Å². The van der Waals surface area contributed by atoms with Gasteiger partial charge < -0.3 is 10.1 Å². The summed E-state index contributed by atoms with van der Waals surface area (Å²) < 4.78 is 5.11. The fraction of sp³-hybridized carbons (Fsp3) is 0.462. The van der Waals surface area contributed by atoms with Gasteiger partial charge >= 0.3 is 0 Å². The highest BCUT2D eigenvalue weighted by Crippen LogP contribution is 2.13. The number of methoxy groups -OCH3 is 1. The smallest absolute Gasteiger partial charge is 0.217 e. The van der Waals surface area contributed by atoms with Crippen LogP contribution in [0.2, 0.25) is 0 Å². The molecule has 0 saturated heterocycles. The van der Waals surface area contributed by atoms with E-state index in [4.69, 9.17) is 4.74 Å². The molecule has 1 aromatic rings.